The van der Waals surface area contributed by atoms with Crippen molar-refractivity contribution in [1.82, 2.24) is 0 Å². The van der Waals surface area contributed by atoms with E-state index in [0.717, 1.165) is 11.4 Å². The van der Waals surface area contributed by atoms with E-state index in [1.54, 1.807) is 6.08 Å². The molecule has 0 heterocycles. The molecular formula is C16H15NO. The predicted octanol–water partition coefficient (Wildman–Crippen LogP) is 3.89. The molecule has 0 aliphatic heterocycles. The van der Waals surface area contributed by atoms with Crippen LogP contribution in [0.15, 0.2) is 72.4 Å². The van der Waals surface area contributed by atoms with Crippen LogP contribution in [0, 0.1) is 0 Å². The van der Waals surface area contributed by atoms with Gasteiger partial charge in [0.15, 0.2) is 5.78 Å². The number of anilines is 1. The zero-order chi connectivity index (χ0) is 12.8. The van der Waals surface area contributed by atoms with Crippen LogP contribution in [0.25, 0.3) is 0 Å². The van der Waals surface area contributed by atoms with Gasteiger partial charge in [-0.15, -0.1) is 0 Å². The summed E-state index contributed by atoms with van der Waals surface area (Å²) in [4.78, 5) is 11.9. The van der Waals surface area contributed by atoms with Crippen molar-refractivity contribution in [3.8, 4) is 0 Å². The summed E-state index contributed by atoms with van der Waals surface area (Å²) in [6, 6.07) is 19.0. The monoisotopic (exact) mass is 237 g/mol. The lowest BCUT2D eigenvalue weighted by Crippen LogP contribution is -2.01. The predicted molar refractivity (Wildman–Crippen MR) is 74.6 cm³/mol. The fourth-order valence-corrected chi connectivity index (χ4v) is 1.67. The molecule has 90 valence electrons. The molecule has 0 bridgehead atoms. The maximum atomic E-state index is 11.9. The molecule has 2 aromatic rings. The number of rotatable bonds is 4. The standard InChI is InChI=1S/C16H15NO/c1-13(17-15-10-6-3-7-11-15)12-16(18)14-8-4-2-5-9-14/h2-12,17H,1H3. The number of hydrogen-bond acceptors (Lipinski definition) is 2. The second-order valence-electron chi connectivity index (χ2n) is 4.05. The lowest BCUT2D eigenvalue weighted by Gasteiger charge is -2.05. The zero-order valence-corrected chi connectivity index (χ0v) is 10.3. The van der Waals surface area contributed by atoms with E-state index in [1.807, 2.05) is 67.6 Å². The molecule has 0 aromatic heterocycles. The minimum atomic E-state index is 0.0107. The van der Waals surface area contributed by atoms with Gasteiger partial charge in [-0.25, -0.2) is 0 Å². The van der Waals surface area contributed by atoms with Crippen molar-refractivity contribution in [2.45, 2.75) is 6.92 Å². The van der Waals surface area contributed by atoms with Crippen LogP contribution in [-0.2, 0) is 0 Å². The Bertz CT molecular complexity index is 544. The highest BCUT2D eigenvalue weighted by atomic mass is 16.1. The summed E-state index contributed by atoms with van der Waals surface area (Å²) in [5.41, 5.74) is 2.51. The van der Waals surface area contributed by atoms with Gasteiger partial charge in [-0.1, -0.05) is 48.5 Å². The maximum absolute atomic E-state index is 11.9. The third kappa shape index (κ3) is 3.32. The molecule has 18 heavy (non-hydrogen) atoms. The zero-order valence-electron chi connectivity index (χ0n) is 10.3. The maximum Gasteiger partial charge on any atom is 0.187 e. The number of allylic oxidation sites excluding steroid dienone is 2. The summed E-state index contributed by atoms with van der Waals surface area (Å²) in [6.45, 7) is 1.88. The number of carbonyl (C=O) groups excluding carboxylic acids is 1. The molecule has 0 amide bonds. The van der Waals surface area contributed by atoms with E-state index in [2.05, 4.69) is 5.32 Å². The number of carbonyl (C=O) groups is 1. The number of ketones is 1. The fourth-order valence-electron chi connectivity index (χ4n) is 1.67. The summed E-state index contributed by atoms with van der Waals surface area (Å²) in [5, 5.41) is 3.18. The summed E-state index contributed by atoms with van der Waals surface area (Å²) < 4.78 is 0. The van der Waals surface area contributed by atoms with Crippen molar-refractivity contribution in [3.05, 3.63) is 78.0 Å². The number of benzene rings is 2. The average molecular weight is 237 g/mol. The minimum Gasteiger partial charge on any atom is -0.359 e. The first kappa shape index (κ1) is 12.1. The van der Waals surface area contributed by atoms with Crippen LogP contribution < -0.4 is 5.32 Å². The van der Waals surface area contributed by atoms with Crippen molar-refractivity contribution < 1.29 is 4.79 Å². The highest BCUT2D eigenvalue weighted by molar-refractivity contribution is 6.05. The van der Waals surface area contributed by atoms with Crippen LogP contribution in [0.5, 0.6) is 0 Å². The molecule has 0 aliphatic carbocycles. The summed E-state index contributed by atoms with van der Waals surface area (Å²) in [6.07, 6.45) is 1.61. The molecule has 0 unspecified atom stereocenters. The molecule has 2 nitrogen and oxygen atoms in total. The van der Waals surface area contributed by atoms with E-state index in [0.29, 0.717) is 5.56 Å². The molecule has 0 fully saturated rings. The molecule has 2 rings (SSSR count). The van der Waals surface area contributed by atoms with E-state index >= 15 is 0 Å². The Hall–Kier alpha value is -2.35. The quantitative estimate of drug-likeness (QED) is 0.645. The Morgan fingerprint density at radius 2 is 1.50 bits per heavy atom. The van der Waals surface area contributed by atoms with Gasteiger partial charge in [-0.05, 0) is 19.1 Å². The average Bonchev–Trinajstić information content (AvgIpc) is 2.40. The molecule has 0 aliphatic rings. The number of nitrogens with one attached hydrogen (secondary N) is 1. The first-order valence-corrected chi connectivity index (χ1v) is 5.85. The van der Waals surface area contributed by atoms with E-state index in [4.69, 9.17) is 0 Å². The van der Waals surface area contributed by atoms with Crippen LogP contribution in [-0.4, -0.2) is 5.78 Å². The molecule has 0 spiro atoms. The highest BCUT2D eigenvalue weighted by Gasteiger charge is 2.01. The Labute approximate surface area is 107 Å². The Morgan fingerprint density at radius 1 is 0.944 bits per heavy atom. The van der Waals surface area contributed by atoms with Crippen LogP contribution >= 0.6 is 0 Å². The molecule has 2 heteroatoms. The first-order chi connectivity index (χ1) is 8.75. The second-order valence-corrected chi connectivity index (χ2v) is 4.05. The molecule has 0 radical (unpaired) electrons. The fraction of sp³-hybridized carbons (Fsp3) is 0.0625. The third-order valence-corrected chi connectivity index (χ3v) is 2.52. The van der Waals surface area contributed by atoms with E-state index in [-0.39, 0.29) is 5.78 Å². The molecule has 0 atom stereocenters. The van der Waals surface area contributed by atoms with E-state index in [9.17, 15) is 4.79 Å². The van der Waals surface area contributed by atoms with Gasteiger partial charge >= 0.3 is 0 Å². The van der Waals surface area contributed by atoms with E-state index in [1.165, 1.54) is 0 Å². The minimum absolute atomic E-state index is 0.0107. The van der Waals surface area contributed by atoms with Crippen LogP contribution in [0.3, 0.4) is 0 Å². The summed E-state index contributed by atoms with van der Waals surface area (Å²) >= 11 is 0. The van der Waals surface area contributed by atoms with Gasteiger partial charge in [0.25, 0.3) is 0 Å². The number of para-hydroxylation sites is 1. The second kappa shape index (κ2) is 5.82. The third-order valence-electron chi connectivity index (χ3n) is 2.52. The Balaban J connectivity index is 2.07. The van der Waals surface area contributed by atoms with Crippen LogP contribution in [0.4, 0.5) is 5.69 Å². The van der Waals surface area contributed by atoms with Crippen LogP contribution in [0.1, 0.15) is 17.3 Å². The summed E-state index contributed by atoms with van der Waals surface area (Å²) in [5.74, 6) is 0.0107. The topological polar surface area (TPSA) is 29.1 Å². The number of hydrogen-bond donors (Lipinski definition) is 1. The molecule has 2 aromatic carbocycles. The molecular weight excluding hydrogens is 222 g/mol. The van der Waals surface area contributed by atoms with Crippen molar-refractivity contribution in [1.29, 1.82) is 0 Å². The molecule has 1 N–H and O–H groups in total. The van der Waals surface area contributed by atoms with Crippen LogP contribution in [0.2, 0.25) is 0 Å². The van der Waals surface area contributed by atoms with Gasteiger partial charge < -0.3 is 5.32 Å². The largest absolute Gasteiger partial charge is 0.359 e. The van der Waals surface area contributed by atoms with Gasteiger partial charge in [-0.2, -0.15) is 0 Å². The smallest absolute Gasteiger partial charge is 0.187 e. The van der Waals surface area contributed by atoms with Gasteiger partial charge in [0.1, 0.15) is 0 Å². The van der Waals surface area contributed by atoms with E-state index < -0.39 is 0 Å². The van der Waals surface area contributed by atoms with Crippen molar-refractivity contribution >= 4 is 11.5 Å². The van der Waals surface area contributed by atoms with Crippen molar-refractivity contribution in [3.63, 3.8) is 0 Å². The van der Waals surface area contributed by atoms with Gasteiger partial charge in [0, 0.05) is 23.0 Å². The Kier molecular flexibility index (Phi) is 3.92. The first-order valence-electron chi connectivity index (χ1n) is 5.85. The van der Waals surface area contributed by atoms with Gasteiger partial charge in [0.2, 0.25) is 0 Å². The lowest BCUT2D eigenvalue weighted by atomic mass is 10.1. The van der Waals surface area contributed by atoms with Crippen molar-refractivity contribution in [2.75, 3.05) is 5.32 Å². The van der Waals surface area contributed by atoms with Crippen molar-refractivity contribution in [2.24, 2.45) is 0 Å². The molecule has 0 saturated carbocycles. The Morgan fingerprint density at radius 3 is 2.11 bits per heavy atom. The molecule has 0 saturated heterocycles. The normalized spacial score (nSPS) is 11.1. The lowest BCUT2D eigenvalue weighted by molar-refractivity contribution is 0.104. The van der Waals surface area contributed by atoms with Gasteiger partial charge in [0.05, 0.1) is 0 Å². The van der Waals surface area contributed by atoms with Gasteiger partial charge in [-0.3, -0.25) is 4.79 Å². The highest BCUT2D eigenvalue weighted by Crippen LogP contribution is 2.10. The SMILES string of the molecule is CC(=CC(=O)c1ccccc1)Nc1ccccc1. The summed E-state index contributed by atoms with van der Waals surface area (Å²) in [7, 11) is 0.